The molecule has 0 saturated carbocycles. The minimum absolute atomic E-state index is 0.129. The van der Waals surface area contributed by atoms with Crippen molar-refractivity contribution in [2.45, 2.75) is 20.0 Å². The Bertz CT molecular complexity index is 389. The van der Waals surface area contributed by atoms with Crippen molar-refractivity contribution in [3.05, 3.63) is 23.8 Å². The van der Waals surface area contributed by atoms with Crippen LogP contribution in [0.1, 0.15) is 13.8 Å². The maximum Gasteiger partial charge on any atom is 0.240 e. The molecule has 80 valence electrons. The fourth-order valence-electron chi connectivity index (χ4n) is 1.01. The third-order valence-corrected chi connectivity index (χ3v) is 1.51. The van der Waals surface area contributed by atoms with Crippen molar-refractivity contribution in [2.75, 3.05) is 0 Å². The molecule has 5 heteroatoms. The van der Waals surface area contributed by atoms with Crippen LogP contribution in [-0.2, 0) is 4.79 Å². The monoisotopic (exact) mass is 213 g/mol. The number of rotatable bonds is 3. The van der Waals surface area contributed by atoms with E-state index in [-0.39, 0.29) is 11.8 Å². The third-order valence-electron chi connectivity index (χ3n) is 1.51. The average Bonchev–Trinajstić information content (AvgIpc) is 2.11. The maximum atomic E-state index is 13.2. The number of nitrogens with zero attached hydrogens (tertiary/aromatic N) is 1. The van der Waals surface area contributed by atoms with E-state index < -0.39 is 17.4 Å². The number of ether oxygens (including phenoxy) is 1. The van der Waals surface area contributed by atoms with E-state index >= 15 is 0 Å². The lowest BCUT2D eigenvalue weighted by molar-refractivity contribution is 0.219. The molecule has 0 aliphatic heterocycles. The first-order chi connectivity index (χ1) is 7.04. The van der Waals surface area contributed by atoms with Gasteiger partial charge in [0.2, 0.25) is 6.08 Å². The smallest absolute Gasteiger partial charge is 0.240 e. The number of aliphatic imine (C=N–C) groups is 1. The zero-order valence-corrected chi connectivity index (χ0v) is 8.25. The van der Waals surface area contributed by atoms with Crippen LogP contribution < -0.4 is 4.74 Å². The molecule has 0 aliphatic carbocycles. The zero-order valence-electron chi connectivity index (χ0n) is 8.25. The summed E-state index contributed by atoms with van der Waals surface area (Å²) >= 11 is 0. The minimum atomic E-state index is -0.891. The molecule has 0 fully saturated rings. The SMILES string of the molecule is CC(C)Oc1c(F)cc(N=C=O)cc1F. The highest BCUT2D eigenvalue weighted by Crippen LogP contribution is 2.27. The second-order valence-electron chi connectivity index (χ2n) is 3.11. The van der Waals surface area contributed by atoms with Crippen molar-refractivity contribution in [1.82, 2.24) is 0 Å². The van der Waals surface area contributed by atoms with Gasteiger partial charge in [-0.25, -0.2) is 13.6 Å². The van der Waals surface area contributed by atoms with E-state index in [1.807, 2.05) is 0 Å². The van der Waals surface area contributed by atoms with Gasteiger partial charge in [0.1, 0.15) is 0 Å². The van der Waals surface area contributed by atoms with Gasteiger partial charge in [-0.05, 0) is 13.8 Å². The van der Waals surface area contributed by atoms with Crippen LogP contribution in [-0.4, -0.2) is 12.2 Å². The van der Waals surface area contributed by atoms with Crippen LogP contribution in [0.5, 0.6) is 5.75 Å². The quantitative estimate of drug-likeness (QED) is 0.572. The Hall–Kier alpha value is -1.74. The second-order valence-corrected chi connectivity index (χ2v) is 3.11. The van der Waals surface area contributed by atoms with Gasteiger partial charge in [0.05, 0.1) is 11.8 Å². The number of halogens is 2. The van der Waals surface area contributed by atoms with E-state index in [1.165, 1.54) is 6.08 Å². The molecular formula is C10H9F2NO2. The van der Waals surface area contributed by atoms with Crippen LogP contribution in [0.25, 0.3) is 0 Å². The van der Waals surface area contributed by atoms with E-state index in [9.17, 15) is 13.6 Å². The van der Waals surface area contributed by atoms with Crippen molar-refractivity contribution in [2.24, 2.45) is 4.99 Å². The molecule has 0 N–H and O–H groups in total. The fourth-order valence-corrected chi connectivity index (χ4v) is 1.01. The molecule has 0 aliphatic rings. The lowest BCUT2D eigenvalue weighted by Gasteiger charge is -2.11. The Morgan fingerprint density at radius 2 is 1.87 bits per heavy atom. The molecule has 15 heavy (non-hydrogen) atoms. The van der Waals surface area contributed by atoms with Gasteiger partial charge in [0.15, 0.2) is 17.4 Å². The topological polar surface area (TPSA) is 38.7 Å². The molecule has 0 heterocycles. The summed E-state index contributed by atoms with van der Waals surface area (Å²) in [4.78, 5) is 13.0. The third kappa shape index (κ3) is 2.86. The maximum absolute atomic E-state index is 13.2. The predicted octanol–water partition coefficient (Wildman–Crippen LogP) is 2.72. The Morgan fingerprint density at radius 1 is 1.33 bits per heavy atom. The summed E-state index contributed by atoms with van der Waals surface area (Å²) in [6, 6.07) is 1.82. The van der Waals surface area contributed by atoms with Gasteiger partial charge in [0, 0.05) is 12.1 Å². The molecule has 0 unspecified atom stereocenters. The van der Waals surface area contributed by atoms with E-state index in [1.54, 1.807) is 13.8 Å². The van der Waals surface area contributed by atoms with Gasteiger partial charge in [-0.15, -0.1) is 0 Å². The zero-order chi connectivity index (χ0) is 11.4. The molecule has 0 amide bonds. The van der Waals surface area contributed by atoms with Gasteiger partial charge in [0.25, 0.3) is 0 Å². The average molecular weight is 213 g/mol. The second kappa shape index (κ2) is 4.66. The summed E-state index contributed by atoms with van der Waals surface area (Å²) in [5.74, 6) is -2.25. The van der Waals surface area contributed by atoms with E-state index in [2.05, 4.69) is 4.99 Å². The summed E-state index contributed by atoms with van der Waals surface area (Å²) in [5, 5.41) is 0. The number of benzene rings is 1. The molecule has 0 atom stereocenters. The van der Waals surface area contributed by atoms with Crippen LogP contribution in [0.4, 0.5) is 14.5 Å². The molecular weight excluding hydrogens is 204 g/mol. The van der Waals surface area contributed by atoms with Crippen molar-refractivity contribution in [3.63, 3.8) is 0 Å². The van der Waals surface area contributed by atoms with Crippen molar-refractivity contribution in [1.29, 1.82) is 0 Å². The van der Waals surface area contributed by atoms with Gasteiger partial charge >= 0.3 is 0 Å². The molecule has 1 aromatic rings. The summed E-state index contributed by atoms with van der Waals surface area (Å²) in [7, 11) is 0. The molecule has 0 saturated heterocycles. The highest BCUT2D eigenvalue weighted by molar-refractivity contribution is 5.51. The standard InChI is InChI=1S/C10H9F2NO2/c1-6(2)15-10-8(11)3-7(13-5-14)4-9(10)12/h3-4,6H,1-2H3. The summed E-state index contributed by atoms with van der Waals surface area (Å²) < 4.78 is 31.4. The van der Waals surface area contributed by atoms with Gasteiger partial charge in [-0.1, -0.05) is 0 Å². The summed E-state index contributed by atoms with van der Waals surface area (Å²) in [6.07, 6.45) is 0.861. The van der Waals surface area contributed by atoms with Gasteiger partial charge < -0.3 is 4.74 Å². The Morgan fingerprint density at radius 3 is 2.27 bits per heavy atom. The number of hydrogen-bond donors (Lipinski definition) is 0. The molecule has 0 aromatic heterocycles. The minimum Gasteiger partial charge on any atom is -0.485 e. The van der Waals surface area contributed by atoms with E-state index in [0.29, 0.717) is 0 Å². The Kier molecular flexibility index (Phi) is 3.52. The number of isocyanates is 1. The van der Waals surface area contributed by atoms with Crippen LogP contribution >= 0.6 is 0 Å². The van der Waals surface area contributed by atoms with Crippen molar-refractivity contribution < 1.29 is 18.3 Å². The van der Waals surface area contributed by atoms with E-state index in [0.717, 1.165) is 12.1 Å². The largest absolute Gasteiger partial charge is 0.485 e. The van der Waals surface area contributed by atoms with E-state index in [4.69, 9.17) is 4.74 Å². The first kappa shape index (κ1) is 11.3. The van der Waals surface area contributed by atoms with Crippen LogP contribution in [0, 0.1) is 11.6 Å². The van der Waals surface area contributed by atoms with Gasteiger partial charge in [-0.2, -0.15) is 4.99 Å². The first-order valence-corrected chi connectivity index (χ1v) is 4.28. The number of carbonyl (C=O) groups excluding carboxylic acids is 1. The molecule has 0 bridgehead atoms. The lowest BCUT2D eigenvalue weighted by atomic mass is 10.2. The Labute approximate surface area is 85.4 Å². The summed E-state index contributed by atoms with van der Waals surface area (Å²) in [5.41, 5.74) is -0.129. The molecule has 0 radical (unpaired) electrons. The lowest BCUT2D eigenvalue weighted by Crippen LogP contribution is -2.08. The fraction of sp³-hybridized carbons (Fsp3) is 0.300. The normalized spacial score (nSPS) is 9.93. The highest BCUT2D eigenvalue weighted by atomic mass is 19.1. The van der Waals surface area contributed by atoms with Crippen LogP contribution in [0.2, 0.25) is 0 Å². The number of hydrogen-bond acceptors (Lipinski definition) is 3. The van der Waals surface area contributed by atoms with Gasteiger partial charge in [-0.3, -0.25) is 0 Å². The molecule has 1 aromatic carbocycles. The highest BCUT2D eigenvalue weighted by Gasteiger charge is 2.13. The molecule has 1 rings (SSSR count). The predicted molar refractivity (Wildman–Crippen MR) is 49.9 cm³/mol. The first-order valence-electron chi connectivity index (χ1n) is 4.28. The van der Waals surface area contributed by atoms with Crippen molar-refractivity contribution in [3.8, 4) is 5.75 Å². The molecule has 3 nitrogen and oxygen atoms in total. The van der Waals surface area contributed by atoms with Crippen LogP contribution in [0.3, 0.4) is 0 Å². The molecule has 0 spiro atoms. The van der Waals surface area contributed by atoms with Crippen LogP contribution in [0.15, 0.2) is 17.1 Å². The van der Waals surface area contributed by atoms with Crippen molar-refractivity contribution >= 4 is 11.8 Å². The Balaban J connectivity index is 3.14. The summed E-state index contributed by atoms with van der Waals surface area (Å²) in [6.45, 7) is 3.30.